The SMILES string of the molecule is CNNC1CSC1. The van der Waals surface area contributed by atoms with Gasteiger partial charge in [-0.25, -0.2) is 0 Å². The molecular formula is C4H10N2S. The molecule has 1 aliphatic heterocycles. The molecule has 2 nitrogen and oxygen atoms in total. The standard InChI is InChI=1S/C4H10N2S/c1-5-6-4-2-7-3-4/h4-6H,2-3H2,1H3. The van der Waals surface area contributed by atoms with Crippen LogP contribution in [0.2, 0.25) is 0 Å². The Morgan fingerprint density at radius 3 is 2.43 bits per heavy atom. The second-order valence-electron chi connectivity index (χ2n) is 1.63. The minimum atomic E-state index is 0.731. The third-order valence-electron chi connectivity index (χ3n) is 0.987. The molecule has 0 aliphatic carbocycles. The zero-order valence-corrected chi connectivity index (χ0v) is 5.22. The molecule has 1 rings (SSSR count). The maximum atomic E-state index is 3.11. The van der Waals surface area contributed by atoms with E-state index in [4.69, 9.17) is 0 Å². The summed E-state index contributed by atoms with van der Waals surface area (Å²) in [6, 6.07) is 0.731. The van der Waals surface area contributed by atoms with Crippen molar-refractivity contribution in [2.75, 3.05) is 18.6 Å². The van der Waals surface area contributed by atoms with Crippen LogP contribution in [-0.2, 0) is 0 Å². The van der Waals surface area contributed by atoms with Crippen molar-refractivity contribution in [3.05, 3.63) is 0 Å². The number of thioether (sulfide) groups is 1. The Kier molecular flexibility index (Phi) is 1.97. The first-order valence-corrected chi connectivity index (χ1v) is 3.59. The van der Waals surface area contributed by atoms with Gasteiger partial charge in [0.05, 0.1) is 0 Å². The van der Waals surface area contributed by atoms with E-state index in [1.807, 2.05) is 18.8 Å². The van der Waals surface area contributed by atoms with Gasteiger partial charge in [-0.15, -0.1) is 0 Å². The molecule has 0 spiro atoms. The van der Waals surface area contributed by atoms with Crippen molar-refractivity contribution in [2.45, 2.75) is 6.04 Å². The van der Waals surface area contributed by atoms with Crippen LogP contribution in [0.15, 0.2) is 0 Å². The Morgan fingerprint density at radius 2 is 2.29 bits per heavy atom. The fraction of sp³-hybridized carbons (Fsp3) is 1.00. The van der Waals surface area contributed by atoms with Gasteiger partial charge in [-0.05, 0) is 7.05 Å². The second kappa shape index (κ2) is 2.55. The van der Waals surface area contributed by atoms with E-state index in [9.17, 15) is 0 Å². The molecule has 1 heterocycles. The summed E-state index contributed by atoms with van der Waals surface area (Å²) in [4.78, 5) is 0. The van der Waals surface area contributed by atoms with Crippen LogP contribution in [-0.4, -0.2) is 24.6 Å². The number of nitrogens with one attached hydrogen (secondary N) is 2. The van der Waals surface area contributed by atoms with Crippen molar-refractivity contribution >= 4 is 11.8 Å². The summed E-state index contributed by atoms with van der Waals surface area (Å²) >= 11 is 1.98. The third kappa shape index (κ3) is 1.33. The van der Waals surface area contributed by atoms with Gasteiger partial charge in [-0.3, -0.25) is 10.9 Å². The molecule has 0 amide bonds. The molecule has 0 aromatic carbocycles. The lowest BCUT2D eigenvalue weighted by atomic mass is 10.4. The van der Waals surface area contributed by atoms with E-state index in [0.717, 1.165) is 6.04 Å². The molecule has 7 heavy (non-hydrogen) atoms. The van der Waals surface area contributed by atoms with Crippen LogP contribution in [0.4, 0.5) is 0 Å². The number of rotatable bonds is 2. The van der Waals surface area contributed by atoms with Gasteiger partial charge >= 0.3 is 0 Å². The van der Waals surface area contributed by atoms with Gasteiger partial charge in [0.25, 0.3) is 0 Å². The van der Waals surface area contributed by atoms with Crippen LogP contribution in [0.5, 0.6) is 0 Å². The van der Waals surface area contributed by atoms with E-state index in [1.165, 1.54) is 11.5 Å². The molecule has 1 fully saturated rings. The van der Waals surface area contributed by atoms with Crippen LogP contribution in [0, 0.1) is 0 Å². The van der Waals surface area contributed by atoms with Gasteiger partial charge in [0, 0.05) is 17.5 Å². The average Bonchev–Trinajstić information content (AvgIpc) is 1.55. The zero-order chi connectivity index (χ0) is 5.11. The monoisotopic (exact) mass is 118 g/mol. The predicted octanol–water partition coefficient (Wildman–Crippen LogP) is -0.174. The van der Waals surface area contributed by atoms with Crippen molar-refractivity contribution in [3.8, 4) is 0 Å². The number of hydrogen-bond acceptors (Lipinski definition) is 3. The number of hydrogen-bond donors (Lipinski definition) is 2. The van der Waals surface area contributed by atoms with Gasteiger partial charge < -0.3 is 0 Å². The Balaban J connectivity index is 1.93. The van der Waals surface area contributed by atoms with Gasteiger partial charge in [-0.2, -0.15) is 11.8 Å². The molecule has 0 saturated carbocycles. The zero-order valence-electron chi connectivity index (χ0n) is 4.40. The summed E-state index contributed by atoms with van der Waals surface area (Å²) in [6.07, 6.45) is 0. The lowest BCUT2D eigenvalue weighted by molar-refractivity contribution is 0.514. The van der Waals surface area contributed by atoms with Crippen molar-refractivity contribution in [3.63, 3.8) is 0 Å². The van der Waals surface area contributed by atoms with Crippen molar-refractivity contribution in [1.82, 2.24) is 10.9 Å². The first kappa shape index (κ1) is 5.41. The van der Waals surface area contributed by atoms with Crippen molar-refractivity contribution in [1.29, 1.82) is 0 Å². The molecule has 0 unspecified atom stereocenters. The lowest BCUT2D eigenvalue weighted by Crippen LogP contribution is -2.46. The van der Waals surface area contributed by atoms with Crippen LogP contribution in [0.25, 0.3) is 0 Å². The molecule has 3 heteroatoms. The minimum absolute atomic E-state index is 0.731. The molecule has 0 radical (unpaired) electrons. The van der Waals surface area contributed by atoms with Gasteiger partial charge in [0.2, 0.25) is 0 Å². The third-order valence-corrected chi connectivity index (χ3v) is 2.26. The summed E-state index contributed by atoms with van der Waals surface area (Å²) < 4.78 is 0. The molecule has 1 aliphatic rings. The first-order chi connectivity index (χ1) is 3.43. The Hall–Kier alpha value is 0.270. The van der Waals surface area contributed by atoms with E-state index in [2.05, 4.69) is 10.9 Å². The summed E-state index contributed by atoms with van der Waals surface area (Å²) in [5.74, 6) is 2.53. The van der Waals surface area contributed by atoms with Crippen LogP contribution in [0.3, 0.4) is 0 Å². The predicted molar refractivity (Wildman–Crippen MR) is 33.3 cm³/mol. The summed E-state index contributed by atoms with van der Waals surface area (Å²) in [5.41, 5.74) is 6.02. The van der Waals surface area contributed by atoms with Gasteiger partial charge in [0.15, 0.2) is 0 Å². The largest absolute Gasteiger partial charge is 0.261 e. The van der Waals surface area contributed by atoms with Gasteiger partial charge in [-0.1, -0.05) is 0 Å². The highest BCUT2D eigenvalue weighted by atomic mass is 32.2. The van der Waals surface area contributed by atoms with E-state index in [1.54, 1.807) is 0 Å². The fourth-order valence-electron chi connectivity index (χ4n) is 0.523. The van der Waals surface area contributed by atoms with Crippen molar-refractivity contribution in [2.24, 2.45) is 0 Å². The Bertz CT molecular complexity index is 53.7. The van der Waals surface area contributed by atoms with Crippen molar-refractivity contribution < 1.29 is 0 Å². The summed E-state index contributed by atoms with van der Waals surface area (Å²) in [7, 11) is 1.91. The molecule has 42 valence electrons. The topological polar surface area (TPSA) is 24.1 Å². The quantitative estimate of drug-likeness (QED) is 0.492. The van der Waals surface area contributed by atoms with E-state index >= 15 is 0 Å². The molecular weight excluding hydrogens is 108 g/mol. The second-order valence-corrected chi connectivity index (χ2v) is 2.70. The van der Waals surface area contributed by atoms with Crippen LogP contribution < -0.4 is 10.9 Å². The lowest BCUT2D eigenvalue weighted by Gasteiger charge is -2.24. The Morgan fingerprint density at radius 1 is 1.57 bits per heavy atom. The molecule has 0 bridgehead atoms. The minimum Gasteiger partial charge on any atom is -0.261 e. The maximum absolute atomic E-state index is 3.11. The molecule has 2 N–H and O–H groups in total. The molecule has 0 atom stereocenters. The normalized spacial score (nSPS) is 21.9. The smallest absolute Gasteiger partial charge is 0.0393 e. The fourth-order valence-corrected chi connectivity index (χ4v) is 1.16. The highest BCUT2D eigenvalue weighted by Crippen LogP contribution is 2.15. The van der Waals surface area contributed by atoms with Gasteiger partial charge in [0.1, 0.15) is 0 Å². The van der Waals surface area contributed by atoms with E-state index in [0.29, 0.717) is 0 Å². The molecule has 0 aromatic rings. The maximum Gasteiger partial charge on any atom is 0.0393 e. The van der Waals surface area contributed by atoms with Crippen LogP contribution >= 0.6 is 11.8 Å². The first-order valence-electron chi connectivity index (χ1n) is 2.43. The molecule has 1 saturated heterocycles. The average molecular weight is 118 g/mol. The summed E-state index contributed by atoms with van der Waals surface area (Å²) in [5, 5.41) is 0. The molecule has 0 aromatic heterocycles. The van der Waals surface area contributed by atoms with E-state index < -0.39 is 0 Å². The van der Waals surface area contributed by atoms with E-state index in [-0.39, 0.29) is 0 Å². The summed E-state index contributed by atoms with van der Waals surface area (Å²) in [6.45, 7) is 0. The highest BCUT2D eigenvalue weighted by molar-refractivity contribution is 8.00. The van der Waals surface area contributed by atoms with Crippen LogP contribution in [0.1, 0.15) is 0 Å². The number of hydrazine groups is 1. The Labute approximate surface area is 48.0 Å². The highest BCUT2D eigenvalue weighted by Gasteiger charge is 2.15.